The Morgan fingerprint density at radius 2 is 1.90 bits per heavy atom. The molecule has 4 heteroatoms. The molecule has 0 aliphatic heterocycles. The monoisotopic (exact) mass is 276 g/mol. The van der Waals surface area contributed by atoms with Crippen LogP contribution in [0, 0.1) is 18.6 Å². The maximum Gasteiger partial charge on any atom is 0.167 e. The highest BCUT2D eigenvalue weighted by Crippen LogP contribution is 2.19. The summed E-state index contributed by atoms with van der Waals surface area (Å²) in [5.74, 6) is -1.04. The molecule has 0 radical (unpaired) electrons. The largest absolute Gasteiger partial charge is 0.494 e. The van der Waals surface area contributed by atoms with E-state index < -0.39 is 5.82 Å². The summed E-state index contributed by atoms with van der Waals surface area (Å²) in [6.45, 7) is 1.74. The van der Waals surface area contributed by atoms with Gasteiger partial charge < -0.3 is 4.74 Å². The molecule has 2 nitrogen and oxygen atoms in total. The zero-order chi connectivity index (χ0) is 14.7. The molecule has 2 rings (SSSR count). The molecule has 0 amide bonds. The van der Waals surface area contributed by atoms with E-state index in [1.165, 1.54) is 31.4 Å². The Hall–Kier alpha value is -2.23. The Morgan fingerprint density at radius 1 is 1.15 bits per heavy atom. The average molecular weight is 276 g/mol. The number of hydrogen-bond donors (Lipinski definition) is 0. The fourth-order valence-corrected chi connectivity index (χ4v) is 1.97. The third-order valence-corrected chi connectivity index (χ3v) is 3.13. The molecule has 0 aliphatic rings. The molecule has 0 atom stereocenters. The molecule has 20 heavy (non-hydrogen) atoms. The van der Waals surface area contributed by atoms with Crippen molar-refractivity contribution in [2.75, 3.05) is 7.11 Å². The lowest BCUT2D eigenvalue weighted by atomic mass is 9.99. The first-order valence-corrected chi connectivity index (χ1v) is 6.13. The topological polar surface area (TPSA) is 26.3 Å². The Kier molecular flexibility index (Phi) is 4.13. The van der Waals surface area contributed by atoms with Crippen LogP contribution in [0.25, 0.3) is 0 Å². The van der Waals surface area contributed by atoms with E-state index in [1.807, 2.05) is 0 Å². The molecule has 104 valence electrons. The van der Waals surface area contributed by atoms with Crippen LogP contribution >= 0.6 is 0 Å². The van der Waals surface area contributed by atoms with Crippen LogP contribution in [0.15, 0.2) is 36.4 Å². The number of methoxy groups -OCH3 is 1. The zero-order valence-corrected chi connectivity index (χ0v) is 11.2. The minimum Gasteiger partial charge on any atom is -0.494 e. The van der Waals surface area contributed by atoms with Crippen LogP contribution in [0.4, 0.5) is 8.78 Å². The van der Waals surface area contributed by atoms with Crippen LogP contribution in [-0.2, 0) is 6.42 Å². The number of halogens is 2. The van der Waals surface area contributed by atoms with Gasteiger partial charge in [0.15, 0.2) is 17.3 Å². The van der Waals surface area contributed by atoms with Gasteiger partial charge in [-0.1, -0.05) is 6.07 Å². The summed E-state index contributed by atoms with van der Waals surface area (Å²) in [7, 11) is 1.36. The predicted molar refractivity (Wildman–Crippen MR) is 72.1 cm³/mol. The number of hydrogen-bond acceptors (Lipinski definition) is 2. The molecule has 2 aromatic rings. The van der Waals surface area contributed by atoms with Crippen LogP contribution in [0.5, 0.6) is 5.75 Å². The number of carbonyl (C=O) groups excluding carboxylic acids is 1. The summed E-state index contributed by atoms with van der Waals surface area (Å²) in [6.07, 6.45) is 0.109. The predicted octanol–water partition coefficient (Wildman–Crippen LogP) is 3.71. The molecule has 0 saturated carbocycles. The fourth-order valence-electron chi connectivity index (χ4n) is 1.97. The summed E-state index contributed by atoms with van der Waals surface area (Å²) in [4.78, 5) is 12.1. The number of ketones is 1. The number of benzene rings is 2. The molecule has 0 saturated heterocycles. The molecule has 0 N–H and O–H groups in total. The van der Waals surface area contributed by atoms with E-state index in [2.05, 4.69) is 0 Å². The molecule has 0 bridgehead atoms. The van der Waals surface area contributed by atoms with Gasteiger partial charge >= 0.3 is 0 Å². The van der Waals surface area contributed by atoms with Crippen molar-refractivity contribution in [2.24, 2.45) is 0 Å². The molecule has 0 aromatic heterocycles. The second kappa shape index (κ2) is 5.82. The van der Waals surface area contributed by atoms with Gasteiger partial charge in [-0.15, -0.1) is 0 Å². The first-order valence-electron chi connectivity index (χ1n) is 6.13. The molecule has 0 aliphatic carbocycles. The molecule has 0 heterocycles. The Bertz CT molecular complexity index is 651. The van der Waals surface area contributed by atoms with E-state index in [1.54, 1.807) is 13.0 Å². The van der Waals surface area contributed by atoms with Gasteiger partial charge in [0.1, 0.15) is 5.82 Å². The minimum absolute atomic E-state index is 0.0968. The van der Waals surface area contributed by atoms with Crippen LogP contribution in [0.1, 0.15) is 21.5 Å². The van der Waals surface area contributed by atoms with E-state index in [-0.39, 0.29) is 29.3 Å². The van der Waals surface area contributed by atoms with Crippen molar-refractivity contribution in [3.05, 3.63) is 64.7 Å². The van der Waals surface area contributed by atoms with Crippen molar-refractivity contribution in [1.29, 1.82) is 0 Å². The highest BCUT2D eigenvalue weighted by Gasteiger charge is 2.12. The molecular formula is C16H14F2O2. The number of rotatable bonds is 4. The second-order valence-corrected chi connectivity index (χ2v) is 4.52. The lowest BCUT2D eigenvalue weighted by molar-refractivity contribution is 0.0992. The van der Waals surface area contributed by atoms with Gasteiger partial charge in [-0.3, -0.25) is 4.79 Å². The van der Waals surface area contributed by atoms with Crippen molar-refractivity contribution < 1.29 is 18.3 Å². The highest BCUT2D eigenvalue weighted by molar-refractivity contribution is 5.97. The number of carbonyl (C=O) groups is 1. The number of Topliss-reactive ketones (excluding diaryl/α,β-unsaturated/α-hetero) is 1. The van der Waals surface area contributed by atoms with E-state index in [0.717, 1.165) is 11.6 Å². The molecule has 0 spiro atoms. The standard InChI is InChI=1S/C16H14F2O2/c1-10-7-13(17)5-3-11(10)9-15(19)12-4-6-16(20-2)14(18)8-12/h3-8H,9H2,1-2H3. The highest BCUT2D eigenvalue weighted by atomic mass is 19.1. The maximum absolute atomic E-state index is 13.6. The van der Waals surface area contributed by atoms with Gasteiger partial charge in [-0.2, -0.15) is 0 Å². The van der Waals surface area contributed by atoms with Crippen LogP contribution in [0.2, 0.25) is 0 Å². The van der Waals surface area contributed by atoms with Crippen LogP contribution in [-0.4, -0.2) is 12.9 Å². The zero-order valence-electron chi connectivity index (χ0n) is 11.2. The first-order chi connectivity index (χ1) is 9.51. The van der Waals surface area contributed by atoms with Gasteiger partial charge in [0.25, 0.3) is 0 Å². The Morgan fingerprint density at radius 3 is 2.50 bits per heavy atom. The average Bonchev–Trinajstić information content (AvgIpc) is 2.41. The Labute approximate surface area is 116 Å². The third-order valence-electron chi connectivity index (χ3n) is 3.13. The lowest BCUT2D eigenvalue weighted by Gasteiger charge is -2.07. The number of aryl methyl sites for hydroxylation is 1. The SMILES string of the molecule is COc1ccc(C(=O)Cc2ccc(F)cc2C)cc1F. The summed E-state index contributed by atoms with van der Waals surface area (Å²) in [6, 6.07) is 8.34. The second-order valence-electron chi connectivity index (χ2n) is 4.52. The van der Waals surface area contributed by atoms with E-state index in [4.69, 9.17) is 4.74 Å². The van der Waals surface area contributed by atoms with E-state index in [9.17, 15) is 13.6 Å². The molecule has 2 aromatic carbocycles. The summed E-state index contributed by atoms with van der Waals surface area (Å²) < 4.78 is 31.4. The summed E-state index contributed by atoms with van der Waals surface area (Å²) >= 11 is 0. The summed E-state index contributed by atoms with van der Waals surface area (Å²) in [5, 5.41) is 0. The van der Waals surface area contributed by atoms with Crippen molar-refractivity contribution in [2.45, 2.75) is 13.3 Å². The maximum atomic E-state index is 13.6. The quantitative estimate of drug-likeness (QED) is 0.796. The van der Waals surface area contributed by atoms with E-state index in [0.29, 0.717) is 5.56 Å². The number of ether oxygens (including phenoxy) is 1. The van der Waals surface area contributed by atoms with Crippen molar-refractivity contribution in [3.63, 3.8) is 0 Å². The van der Waals surface area contributed by atoms with Gasteiger partial charge in [0, 0.05) is 12.0 Å². The van der Waals surface area contributed by atoms with Crippen molar-refractivity contribution in [1.82, 2.24) is 0 Å². The van der Waals surface area contributed by atoms with E-state index >= 15 is 0 Å². The molecule has 0 fully saturated rings. The van der Waals surface area contributed by atoms with Crippen LogP contribution in [0.3, 0.4) is 0 Å². The van der Waals surface area contributed by atoms with Gasteiger partial charge in [-0.05, 0) is 48.4 Å². The molecular weight excluding hydrogens is 262 g/mol. The van der Waals surface area contributed by atoms with Gasteiger partial charge in [-0.25, -0.2) is 8.78 Å². The Balaban J connectivity index is 2.21. The lowest BCUT2D eigenvalue weighted by Crippen LogP contribution is -2.06. The van der Waals surface area contributed by atoms with Crippen molar-refractivity contribution in [3.8, 4) is 5.75 Å². The van der Waals surface area contributed by atoms with Gasteiger partial charge in [0.2, 0.25) is 0 Å². The molecule has 0 unspecified atom stereocenters. The first kappa shape index (κ1) is 14.2. The minimum atomic E-state index is -0.575. The van der Waals surface area contributed by atoms with Crippen molar-refractivity contribution >= 4 is 5.78 Å². The normalized spacial score (nSPS) is 10.4. The summed E-state index contributed by atoms with van der Waals surface area (Å²) in [5.41, 5.74) is 1.70. The van der Waals surface area contributed by atoms with Crippen LogP contribution < -0.4 is 4.74 Å². The third kappa shape index (κ3) is 3.02. The van der Waals surface area contributed by atoms with Gasteiger partial charge in [0.05, 0.1) is 7.11 Å². The fraction of sp³-hybridized carbons (Fsp3) is 0.188. The smallest absolute Gasteiger partial charge is 0.167 e.